The molecule has 0 atom stereocenters. The fraction of sp³-hybridized carbons (Fsp3) is 0.182. The second kappa shape index (κ2) is 3.99. The first-order chi connectivity index (χ1) is 8.65. The highest BCUT2D eigenvalue weighted by atomic mass is 35.5. The van der Waals surface area contributed by atoms with Gasteiger partial charge in [0.1, 0.15) is 16.7 Å². The Bertz CT molecular complexity index is 718. The van der Waals surface area contributed by atoms with E-state index >= 15 is 0 Å². The third-order valence-corrected chi connectivity index (χ3v) is 2.73. The topological polar surface area (TPSA) is 68.9 Å². The quantitative estimate of drug-likeness (QED) is 0.625. The SMILES string of the molecule is Cc1cnc(-c2nnc3cc(Cl)nc(C)n23)cn1. The van der Waals surface area contributed by atoms with Gasteiger partial charge in [-0.15, -0.1) is 10.2 Å². The highest BCUT2D eigenvalue weighted by Gasteiger charge is 2.12. The molecule has 0 aliphatic heterocycles. The van der Waals surface area contributed by atoms with Gasteiger partial charge >= 0.3 is 0 Å². The minimum atomic E-state index is 0.397. The summed E-state index contributed by atoms with van der Waals surface area (Å²) < 4.78 is 1.80. The van der Waals surface area contributed by atoms with Crippen LogP contribution >= 0.6 is 11.6 Å². The van der Waals surface area contributed by atoms with Crippen LogP contribution in [0.2, 0.25) is 5.15 Å². The standard InChI is InChI=1S/C11H9ClN6/c1-6-4-14-8(5-13-6)11-17-16-10-3-9(12)15-7(2)18(10)11/h3-5H,1-2H3. The molecular weight excluding hydrogens is 252 g/mol. The summed E-state index contributed by atoms with van der Waals surface area (Å²) in [5.41, 5.74) is 2.15. The van der Waals surface area contributed by atoms with Crippen LogP contribution in [0.4, 0.5) is 0 Å². The lowest BCUT2D eigenvalue weighted by Gasteiger charge is -2.02. The summed E-state index contributed by atoms with van der Waals surface area (Å²) in [6.07, 6.45) is 3.36. The van der Waals surface area contributed by atoms with E-state index in [4.69, 9.17) is 11.6 Å². The molecule has 3 rings (SSSR count). The number of aryl methyl sites for hydroxylation is 2. The molecule has 90 valence electrons. The van der Waals surface area contributed by atoms with Crippen LogP contribution in [0.3, 0.4) is 0 Å². The number of halogens is 1. The van der Waals surface area contributed by atoms with Gasteiger partial charge in [0.2, 0.25) is 0 Å². The average molecular weight is 261 g/mol. The van der Waals surface area contributed by atoms with Crippen LogP contribution in [-0.2, 0) is 0 Å². The van der Waals surface area contributed by atoms with E-state index in [0.29, 0.717) is 28.1 Å². The van der Waals surface area contributed by atoms with E-state index in [2.05, 4.69) is 25.1 Å². The summed E-state index contributed by atoms with van der Waals surface area (Å²) in [6, 6.07) is 1.66. The van der Waals surface area contributed by atoms with Crippen LogP contribution < -0.4 is 0 Å². The molecule has 0 spiro atoms. The number of fused-ring (bicyclic) bond motifs is 1. The van der Waals surface area contributed by atoms with Gasteiger partial charge in [0.25, 0.3) is 0 Å². The Morgan fingerprint density at radius 2 is 1.94 bits per heavy atom. The number of hydrogen-bond acceptors (Lipinski definition) is 5. The van der Waals surface area contributed by atoms with Gasteiger partial charge < -0.3 is 0 Å². The summed E-state index contributed by atoms with van der Waals surface area (Å²) in [6.45, 7) is 3.72. The van der Waals surface area contributed by atoms with Crippen molar-refractivity contribution in [3.05, 3.63) is 35.1 Å². The van der Waals surface area contributed by atoms with E-state index < -0.39 is 0 Å². The largest absolute Gasteiger partial charge is 0.261 e. The minimum absolute atomic E-state index is 0.397. The monoisotopic (exact) mass is 260 g/mol. The van der Waals surface area contributed by atoms with Crippen molar-refractivity contribution in [3.63, 3.8) is 0 Å². The third kappa shape index (κ3) is 1.70. The van der Waals surface area contributed by atoms with E-state index in [-0.39, 0.29) is 0 Å². The van der Waals surface area contributed by atoms with E-state index in [1.54, 1.807) is 22.9 Å². The van der Waals surface area contributed by atoms with Crippen LogP contribution in [0.5, 0.6) is 0 Å². The van der Waals surface area contributed by atoms with Gasteiger partial charge in [-0.3, -0.25) is 9.38 Å². The van der Waals surface area contributed by atoms with Gasteiger partial charge in [0, 0.05) is 12.3 Å². The number of aromatic nitrogens is 6. The highest BCUT2D eigenvalue weighted by molar-refractivity contribution is 6.29. The van der Waals surface area contributed by atoms with E-state index in [9.17, 15) is 0 Å². The zero-order chi connectivity index (χ0) is 12.7. The van der Waals surface area contributed by atoms with Crippen LogP contribution in [0.25, 0.3) is 17.2 Å². The van der Waals surface area contributed by atoms with Gasteiger partial charge in [0.15, 0.2) is 11.5 Å². The molecule has 7 heteroatoms. The summed E-state index contributed by atoms with van der Waals surface area (Å²) >= 11 is 5.88. The molecule has 0 unspecified atom stereocenters. The first-order valence-corrected chi connectivity index (χ1v) is 5.70. The Hall–Kier alpha value is -2.08. The second-order valence-corrected chi connectivity index (χ2v) is 4.27. The molecule has 0 saturated carbocycles. The van der Waals surface area contributed by atoms with Crippen LogP contribution in [-0.4, -0.2) is 29.5 Å². The molecule has 3 aromatic rings. The molecule has 0 aromatic carbocycles. The zero-order valence-electron chi connectivity index (χ0n) is 9.79. The molecule has 0 aliphatic rings. The molecule has 0 bridgehead atoms. The van der Waals surface area contributed by atoms with Crippen molar-refractivity contribution in [1.29, 1.82) is 0 Å². The first-order valence-electron chi connectivity index (χ1n) is 5.32. The van der Waals surface area contributed by atoms with Crippen LogP contribution in [0.15, 0.2) is 18.5 Å². The Morgan fingerprint density at radius 3 is 2.67 bits per heavy atom. The van der Waals surface area contributed by atoms with Crippen molar-refractivity contribution in [2.75, 3.05) is 0 Å². The molecular formula is C11H9ClN6. The lowest BCUT2D eigenvalue weighted by atomic mass is 10.4. The van der Waals surface area contributed by atoms with Crippen molar-refractivity contribution < 1.29 is 0 Å². The molecule has 0 radical (unpaired) electrons. The first kappa shape index (κ1) is 11.0. The summed E-state index contributed by atoms with van der Waals surface area (Å²) in [7, 11) is 0. The van der Waals surface area contributed by atoms with Crippen molar-refractivity contribution >= 4 is 17.2 Å². The molecule has 3 heterocycles. The molecule has 0 amide bonds. The van der Waals surface area contributed by atoms with Gasteiger partial charge in [-0.05, 0) is 13.8 Å². The fourth-order valence-corrected chi connectivity index (χ4v) is 1.95. The second-order valence-electron chi connectivity index (χ2n) is 3.89. The summed E-state index contributed by atoms with van der Waals surface area (Å²) in [5, 5.41) is 8.57. The molecule has 6 nitrogen and oxygen atoms in total. The molecule has 0 saturated heterocycles. The minimum Gasteiger partial charge on any atom is -0.261 e. The summed E-state index contributed by atoms with van der Waals surface area (Å²) in [4.78, 5) is 12.7. The molecule has 0 N–H and O–H groups in total. The van der Waals surface area contributed by atoms with Crippen molar-refractivity contribution in [3.8, 4) is 11.5 Å². The number of hydrogen-bond donors (Lipinski definition) is 0. The summed E-state index contributed by atoms with van der Waals surface area (Å²) in [5.74, 6) is 1.32. The van der Waals surface area contributed by atoms with Gasteiger partial charge in [-0.25, -0.2) is 9.97 Å². The van der Waals surface area contributed by atoms with E-state index in [1.165, 1.54) is 0 Å². The van der Waals surface area contributed by atoms with Gasteiger partial charge in [-0.1, -0.05) is 11.6 Å². The maximum atomic E-state index is 5.88. The molecule has 0 fully saturated rings. The van der Waals surface area contributed by atoms with Crippen molar-refractivity contribution in [2.24, 2.45) is 0 Å². The van der Waals surface area contributed by atoms with E-state index in [0.717, 1.165) is 5.69 Å². The zero-order valence-corrected chi connectivity index (χ0v) is 10.5. The lowest BCUT2D eigenvalue weighted by molar-refractivity contribution is 0.975. The van der Waals surface area contributed by atoms with Gasteiger partial charge in [0.05, 0.1) is 11.9 Å². The van der Waals surface area contributed by atoms with E-state index in [1.807, 2.05) is 13.8 Å². The Morgan fingerprint density at radius 1 is 1.11 bits per heavy atom. The average Bonchev–Trinajstić information content (AvgIpc) is 2.74. The van der Waals surface area contributed by atoms with Crippen LogP contribution in [0.1, 0.15) is 11.5 Å². The van der Waals surface area contributed by atoms with Crippen LogP contribution in [0, 0.1) is 13.8 Å². The lowest BCUT2D eigenvalue weighted by Crippen LogP contribution is -1.99. The fourth-order valence-electron chi connectivity index (χ4n) is 1.73. The molecule has 18 heavy (non-hydrogen) atoms. The predicted molar refractivity (Wildman–Crippen MR) is 66.3 cm³/mol. The third-order valence-electron chi connectivity index (χ3n) is 2.54. The Labute approximate surface area is 108 Å². The number of nitrogens with zero attached hydrogens (tertiary/aromatic N) is 6. The Balaban J connectivity index is 2.27. The maximum absolute atomic E-state index is 5.88. The smallest absolute Gasteiger partial charge is 0.190 e. The van der Waals surface area contributed by atoms with Crippen molar-refractivity contribution in [2.45, 2.75) is 13.8 Å². The maximum Gasteiger partial charge on any atom is 0.190 e. The predicted octanol–water partition coefficient (Wildman–Crippen LogP) is 1.85. The molecule has 3 aromatic heterocycles. The van der Waals surface area contributed by atoms with Crippen molar-refractivity contribution in [1.82, 2.24) is 29.5 Å². The molecule has 0 aliphatic carbocycles. The highest BCUT2D eigenvalue weighted by Crippen LogP contribution is 2.18. The normalized spacial score (nSPS) is 11.1. The Kier molecular flexibility index (Phi) is 2.45. The van der Waals surface area contributed by atoms with Gasteiger partial charge in [-0.2, -0.15) is 0 Å². The number of rotatable bonds is 1.